The number of pyridine rings is 1. The number of halogens is 2. The molecule has 6 heteroatoms. The highest BCUT2D eigenvalue weighted by atomic mass is 19.3. The molecule has 1 heterocycles. The predicted octanol–water partition coefficient (Wildman–Crippen LogP) is 3.51. The molecule has 0 unspecified atom stereocenters. The van der Waals surface area contributed by atoms with Crippen molar-refractivity contribution in [3.63, 3.8) is 0 Å². The molecule has 0 saturated heterocycles. The van der Waals surface area contributed by atoms with Gasteiger partial charge in [0.1, 0.15) is 23.2 Å². The van der Waals surface area contributed by atoms with Gasteiger partial charge in [0.25, 0.3) is 6.43 Å². The van der Waals surface area contributed by atoms with Crippen molar-refractivity contribution in [2.75, 3.05) is 12.4 Å². The highest BCUT2D eigenvalue weighted by molar-refractivity contribution is 5.56. The first kappa shape index (κ1) is 14.7. The minimum Gasteiger partial charge on any atom is -0.497 e. The SMILES string of the molecule is COc1ccc(CNc2nccc(C(F)F)c2C#N)cc1. The van der Waals surface area contributed by atoms with E-state index in [1.165, 1.54) is 6.20 Å². The molecule has 0 aliphatic rings. The Kier molecular flexibility index (Phi) is 4.67. The van der Waals surface area contributed by atoms with Gasteiger partial charge in [-0.1, -0.05) is 12.1 Å². The molecule has 0 amide bonds. The number of nitrogens with zero attached hydrogens (tertiary/aromatic N) is 2. The molecular formula is C15H13F2N3O. The van der Waals surface area contributed by atoms with E-state index in [9.17, 15) is 8.78 Å². The zero-order valence-corrected chi connectivity index (χ0v) is 11.3. The van der Waals surface area contributed by atoms with Crippen molar-refractivity contribution in [3.05, 3.63) is 53.2 Å². The van der Waals surface area contributed by atoms with E-state index in [0.717, 1.165) is 17.4 Å². The number of aromatic nitrogens is 1. The predicted molar refractivity (Wildman–Crippen MR) is 74.2 cm³/mol. The van der Waals surface area contributed by atoms with Gasteiger partial charge in [-0.3, -0.25) is 0 Å². The van der Waals surface area contributed by atoms with Crippen LogP contribution in [0.15, 0.2) is 36.5 Å². The Morgan fingerprint density at radius 2 is 2.00 bits per heavy atom. The van der Waals surface area contributed by atoms with Crippen LogP contribution in [0.1, 0.15) is 23.1 Å². The Bertz CT molecular complexity index is 651. The summed E-state index contributed by atoms with van der Waals surface area (Å²) < 4.78 is 30.7. The van der Waals surface area contributed by atoms with Crippen LogP contribution >= 0.6 is 0 Å². The first-order valence-electron chi connectivity index (χ1n) is 6.19. The summed E-state index contributed by atoms with van der Waals surface area (Å²) in [5.74, 6) is 0.889. The lowest BCUT2D eigenvalue weighted by Crippen LogP contribution is -2.05. The number of benzene rings is 1. The van der Waals surface area contributed by atoms with E-state index in [4.69, 9.17) is 10.00 Å². The van der Waals surface area contributed by atoms with Gasteiger partial charge in [0.15, 0.2) is 0 Å². The fourth-order valence-corrected chi connectivity index (χ4v) is 1.84. The van der Waals surface area contributed by atoms with Crippen molar-refractivity contribution in [2.24, 2.45) is 0 Å². The molecule has 4 nitrogen and oxygen atoms in total. The standard InChI is InChI=1S/C15H13F2N3O/c1-21-11-4-2-10(3-5-11)9-20-15-13(8-18)12(14(16)17)6-7-19-15/h2-7,14H,9H2,1H3,(H,19,20). The monoisotopic (exact) mass is 289 g/mol. The Labute approximate surface area is 121 Å². The van der Waals surface area contributed by atoms with Crippen LogP contribution < -0.4 is 10.1 Å². The summed E-state index contributed by atoms with van der Waals surface area (Å²) in [6, 6.07) is 10.2. The number of hydrogen-bond donors (Lipinski definition) is 1. The topological polar surface area (TPSA) is 57.9 Å². The van der Waals surface area contributed by atoms with Gasteiger partial charge in [-0.05, 0) is 23.8 Å². The number of methoxy groups -OCH3 is 1. The van der Waals surface area contributed by atoms with E-state index in [2.05, 4.69) is 10.3 Å². The lowest BCUT2D eigenvalue weighted by atomic mass is 10.1. The van der Waals surface area contributed by atoms with Crippen LogP contribution in [0.3, 0.4) is 0 Å². The minimum absolute atomic E-state index is 0.124. The molecule has 0 atom stereocenters. The molecule has 108 valence electrons. The van der Waals surface area contributed by atoms with Crippen LogP contribution in [0, 0.1) is 11.3 Å². The average Bonchev–Trinajstić information content (AvgIpc) is 2.52. The number of nitriles is 1. The summed E-state index contributed by atoms with van der Waals surface area (Å²) >= 11 is 0. The van der Waals surface area contributed by atoms with Gasteiger partial charge in [0.2, 0.25) is 0 Å². The fourth-order valence-electron chi connectivity index (χ4n) is 1.84. The maximum atomic E-state index is 12.8. The maximum Gasteiger partial charge on any atom is 0.265 e. The van der Waals surface area contributed by atoms with Gasteiger partial charge in [-0.2, -0.15) is 5.26 Å². The first-order valence-corrected chi connectivity index (χ1v) is 6.19. The zero-order valence-electron chi connectivity index (χ0n) is 11.3. The lowest BCUT2D eigenvalue weighted by molar-refractivity contribution is 0.151. The molecule has 0 fully saturated rings. The molecule has 1 aromatic heterocycles. The quantitative estimate of drug-likeness (QED) is 0.915. The smallest absolute Gasteiger partial charge is 0.265 e. The summed E-state index contributed by atoms with van der Waals surface area (Å²) in [7, 11) is 1.58. The minimum atomic E-state index is -2.70. The molecule has 1 N–H and O–H groups in total. The lowest BCUT2D eigenvalue weighted by Gasteiger charge is -2.10. The normalized spacial score (nSPS) is 10.2. The average molecular weight is 289 g/mol. The Morgan fingerprint density at radius 3 is 2.57 bits per heavy atom. The largest absolute Gasteiger partial charge is 0.497 e. The summed E-state index contributed by atoms with van der Waals surface area (Å²) in [6.45, 7) is 0.373. The molecule has 21 heavy (non-hydrogen) atoms. The van der Waals surface area contributed by atoms with Crippen molar-refractivity contribution in [1.29, 1.82) is 5.26 Å². The van der Waals surface area contributed by atoms with E-state index in [1.807, 2.05) is 12.1 Å². The van der Waals surface area contributed by atoms with Gasteiger partial charge >= 0.3 is 0 Å². The van der Waals surface area contributed by atoms with Crippen molar-refractivity contribution >= 4 is 5.82 Å². The number of nitrogens with one attached hydrogen (secondary N) is 1. The third-order valence-corrected chi connectivity index (χ3v) is 2.95. The van der Waals surface area contributed by atoms with Crippen LogP contribution in [-0.4, -0.2) is 12.1 Å². The first-order chi connectivity index (χ1) is 10.2. The van der Waals surface area contributed by atoms with Gasteiger partial charge in [0.05, 0.1) is 7.11 Å². The highest BCUT2D eigenvalue weighted by Gasteiger charge is 2.16. The van der Waals surface area contributed by atoms with Gasteiger partial charge < -0.3 is 10.1 Å². The van der Waals surface area contributed by atoms with E-state index in [1.54, 1.807) is 25.3 Å². The summed E-state index contributed by atoms with van der Waals surface area (Å²) in [4.78, 5) is 3.95. The van der Waals surface area contributed by atoms with E-state index in [0.29, 0.717) is 6.54 Å². The Hall–Kier alpha value is -2.68. The summed E-state index contributed by atoms with van der Waals surface area (Å²) in [5, 5.41) is 11.9. The van der Waals surface area contributed by atoms with Crippen LogP contribution in [0.5, 0.6) is 5.75 Å². The number of ether oxygens (including phenoxy) is 1. The number of alkyl halides is 2. The zero-order chi connectivity index (χ0) is 15.2. The molecule has 0 aliphatic heterocycles. The van der Waals surface area contributed by atoms with Crippen molar-refractivity contribution in [2.45, 2.75) is 13.0 Å². The van der Waals surface area contributed by atoms with Crippen molar-refractivity contribution < 1.29 is 13.5 Å². The van der Waals surface area contributed by atoms with E-state index >= 15 is 0 Å². The highest BCUT2D eigenvalue weighted by Crippen LogP contribution is 2.26. The number of hydrogen-bond acceptors (Lipinski definition) is 4. The van der Waals surface area contributed by atoms with Gasteiger partial charge in [0, 0.05) is 18.3 Å². The van der Waals surface area contributed by atoms with E-state index in [-0.39, 0.29) is 16.9 Å². The van der Waals surface area contributed by atoms with Crippen LogP contribution in [0.4, 0.5) is 14.6 Å². The Balaban J connectivity index is 2.16. The third-order valence-electron chi connectivity index (χ3n) is 2.95. The molecule has 0 spiro atoms. The molecule has 2 rings (SSSR count). The van der Waals surface area contributed by atoms with Crippen LogP contribution in [0.25, 0.3) is 0 Å². The van der Waals surface area contributed by atoms with Gasteiger partial charge in [-0.25, -0.2) is 13.8 Å². The molecule has 1 aromatic carbocycles. The maximum absolute atomic E-state index is 12.8. The molecule has 0 radical (unpaired) electrons. The van der Waals surface area contributed by atoms with Gasteiger partial charge in [-0.15, -0.1) is 0 Å². The molecule has 0 bridgehead atoms. The van der Waals surface area contributed by atoms with E-state index < -0.39 is 6.43 Å². The van der Waals surface area contributed by atoms with Crippen molar-refractivity contribution in [3.8, 4) is 11.8 Å². The Morgan fingerprint density at radius 1 is 1.29 bits per heavy atom. The molecular weight excluding hydrogens is 276 g/mol. The molecule has 2 aromatic rings. The number of rotatable bonds is 5. The van der Waals surface area contributed by atoms with Crippen LogP contribution in [0.2, 0.25) is 0 Å². The summed E-state index contributed by atoms with van der Waals surface area (Å²) in [5.41, 5.74) is 0.481. The molecule has 0 saturated carbocycles. The second-order valence-electron chi connectivity index (χ2n) is 4.24. The molecule has 0 aliphatic carbocycles. The second-order valence-corrected chi connectivity index (χ2v) is 4.24. The second kappa shape index (κ2) is 6.66. The van der Waals surface area contributed by atoms with Crippen LogP contribution in [-0.2, 0) is 6.54 Å². The van der Waals surface area contributed by atoms with Crippen molar-refractivity contribution in [1.82, 2.24) is 4.98 Å². The fraction of sp³-hybridized carbons (Fsp3) is 0.200. The summed E-state index contributed by atoms with van der Waals surface area (Å²) in [6.07, 6.45) is -1.44. The third kappa shape index (κ3) is 3.45. The number of anilines is 1.